The molecule has 1 aliphatic rings. The monoisotopic (exact) mass is 763 g/mol. The van der Waals surface area contributed by atoms with Crippen LogP contribution < -0.4 is 26.5 Å². The minimum absolute atomic E-state index is 0.211. The van der Waals surface area contributed by atoms with Crippen LogP contribution in [0, 0.1) is 61.3 Å². The first-order valence-electron chi connectivity index (χ1n) is 20.6. The largest absolute Gasteiger partial charge is 0.295 e. The third kappa shape index (κ3) is 9.86. The van der Waals surface area contributed by atoms with E-state index in [4.69, 9.17) is 0 Å². The van der Waals surface area contributed by atoms with E-state index in [1.165, 1.54) is 102 Å². The Labute approximate surface area is 336 Å². The Balaban J connectivity index is 1.62. The van der Waals surface area contributed by atoms with Gasteiger partial charge in [0.05, 0.1) is 0 Å². The summed E-state index contributed by atoms with van der Waals surface area (Å²) < 4.78 is 0. The normalized spacial score (nSPS) is 14.7. The van der Waals surface area contributed by atoms with E-state index in [1.54, 1.807) is 5.31 Å². The average molecular weight is 764 g/mol. The second kappa shape index (κ2) is 18.6. The minimum atomic E-state index is -0.828. The summed E-state index contributed by atoms with van der Waals surface area (Å²) in [5.41, 5.74) is 12.2. The van der Waals surface area contributed by atoms with Gasteiger partial charge in [0, 0.05) is 12.0 Å². The Kier molecular flexibility index (Phi) is 13.9. The number of allylic oxidation sites excluding steroid dienone is 2. The van der Waals surface area contributed by atoms with E-state index in [1.807, 2.05) is 0 Å². The van der Waals surface area contributed by atoms with Crippen molar-refractivity contribution in [1.82, 2.24) is 4.90 Å². The summed E-state index contributed by atoms with van der Waals surface area (Å²) in [6.45, 7) is 25.0. The summed E-state index contributed by atoms with van der Waals surface area (Å²) in [6, 6.07) is 38.9. The molecule has 0 aromatic heterocycles. The Morgan fingerprint density at radius 1 is 0.509 bits per heavy atom. The highest BCUT2D eigenvalue weighted by Gasteiger charge is 2.38. The number of rotatable bonds is 15. The summed E-state index contributed by atoms with van der Waals surface area (Å²) in [4.78, 5) is 2.90. The molecular weight excluding hydrogens is 701 g/mol. The second-order valence-corrected chi connectivity index (χ2v) is 20.7. The molecule has 286 valence electrons. The maximum absolute atomic E-state index is 2.90. The van der Waals surface area contributed by atoms with Crippen molar-refractivity contribution in [3.05, 3.63) is 171 Å². The van der Waals surface area contributed by atoms with Crippen LogP contribution in [0.25, 0.3) is 0 Å². The summed E-state index contributed by atoms with van der Waals surface area (Å²) >= 11 is 0. The molecule has 0 saturated carbocycles. The third-order valence-corrected chi connectivity index (χ3v) is 15.8. The van der Waals surface area contributed by atoms with Crippen LogP contribution >= 0.6 is 15.8 Å². The van der Waals surface area contributed by atoms with E-state index in [9.17, 15) is 0 Å². The van der Waals surface area contributed by atoms with Crippen molar-refractivity contribution in [2.45, 2.75) is 101 Å². The number of aryl methyl sites for hydroxylation is 8. The number of nitrogens with zero attached hydrogens (tertiary/aromatic N) is 1. The van der Waals surface area contributed by atoms with Gasteiger partial charge in [-0.2, -0.15) is 0 Å². The first-order chi connectivity index (χ1) is 26.4. The zero-order valence-electron chi connectivity index (χ0n) is 35.2. The Morgan fingerprint density at radius 2 is 0.891 bits per heavy atom. The van der Waals surface area contributed by atoms with Gasteiger partial charge in [0.25, 0.3) is 0 Å². The van der Waals surface area contributed by atoms with E-state index in [-0.39, 0.29) is 12.0 Å². The number of unbranched alkanes of at least 4 members (excludes halogenated alkanes) is 2. The number of benzene rings is 5. The van der Waals surface area contributed by atoms with E-state index in [0.717, 1.165) is 13.1 Å². The fourth-order valence-corrected chi connectivity index (χ4v) is 14.7. The topological polar surface area (TPSA) is 3.24 Å². The highest BCUT2D eigenvalue weighted by atomic mass is 31.1. The van der Waals surface area contributed by atoms with E-state index in [0.29, 0.717) is 0 Å². The lowest BCUT2D eigenvalue weighted by Crippen LogP contribution is -2.39. The van der Waals surface area contributed by atoms with Crippen molar-refractivity contribution in [2.75, 3.05) is 13.1 Å². The predicted molar refractivity (Wildman–Crippen MR) is 247 cm³/mol. The van der Waals surface area contributed by atoms with Crippen molar-refractivity contribution < 1.29 is 0 Å². The van der Waals surface area contributed by atoms with Crippen LogP contribution in [0.4, 0.5) is 0 Å². The van der Waals surface area contributed by atoms with Crippen LogP contribution in [0.1, 0.15) is 95.6 Å². The van der Waals surface area contributed by atoms with Crippen LogP contribution in [-0.4, -0.2) is 18.0 Å². The van der Waals surface area contributed by atoms with Crippen LogP contribution in [-0.2, 0) is 0 Å². The van der Waals surface area contributed by atoms with Gasteiger partial charge in [-0.25, -0.2) is 0 Å². The van der Waals surface area contributed by atoms with Gasteiger partial charge in [-0.05, 0) is 135 Å². The lowest BCUT2D eigenvalue weighted by atomic mass is 9.91. The summed E-state index contributed by atoms with van der Waals surface area (Å²) in [5.74, 6) is 0.248. The molecule has 5 aromatic rings. The summed E-state index contributed by atoms with van der Waals surface area (Å²) in [6.07, 6.45) is 12.2. The zero-order chi connectivity index (χ0) is 39.2. The fraction of sp³-hybridized carbons (Fsp3) is 0.346. The quantitative estimate of drug-likeness (QED) is 0.0960. The molecule has 2 unspecified atom stereocenters. The highest BCUT2D eigenvalue weighted by Crippen LogP contribution is 2.54. The van der Waals surface area contributed by atoms with Crippen molar-refractivity contribution in [2.24, 2.45) is 5.92 Å². The van der Waals surface area contributed by atoms with E-state index >= 15 is 0 Å². The Hall–Kier alpha value is -3.60. The second-order valence-electron chi connectivity index (χ2n) is 16.3. The molecule has 0 saturated heterocycles. The summed E-state index contributed by atoms with van der Waals surface area (Å²) in [7, 11) is -1.61. The fourth-order valence-electron chi connectivity index (χ4n) is 8.84. The Bertz CT molecular complexity index is 1980. The average Bonchev–Trinajstić information content (AvgIpc) is 3.57. The lowest BCUT2D eigenvalue weighted by Gasteiger charge is -2.40. The van der Waals surface area contributed by atoms with E-state index in [2.05, 4.69) is 189 Å². The van der Waals surface area contributed by atoms with Gasteiger partial charge in [0.1, 0.15) is 0 Å². The molecule has 5 aromatic carbocycles. The molecule has 0 fully saturated rings. The maximum atomic E-state index is 2.90. The zero-order valence-corrected chi connectivity index (χ0v) is 37.0. The minimum Gasteiger partial charge on any atom is -0.295 e. The third-order valence-electron chi connectivity index (χ3n) is 10.9. The SMILES string of the molecule is CCCCN(CCCC)C(c1ccccc1P(c1cc(C)cc(C)c1)c1cc(C)cc(C)c1)C1C=CC=C1P(c1cc(C)cc(C)c1)c1cc(C)cc(C)c1. The van der Waals surface area contributed by atoms with Crippen molar-refractivity contribution in [1.29, 1.82) is 0 Å². The van der Waals surface area contributed by atoms with E-state index < -0.39 is 15.8 Å². The van der Waals surface area contributed by atoms with Gasteiger partial charge < -0.3 is 0 Å². The molecule has 0 heterocycles. The number of hydrogen-bond acceptors (Lipinski definition) is 1. The highest BCUT2D eigenvalue weighted by molar-refractivity contribution is 7.80. The van der Waals surface area contributed by atoms with Crippen molar-refractivity contribution >= 4 is 42.4 Å². The molecule has 2 atom stereocenters. The van der Waals surface area contributed by atoms with Gasteiger partial charge in [-0.1, -0.05) is 186 Å². The first-order valence-corrected chi connectivity index (χ1v) is 23.3. The standard InChI is InChI=1S/C52H63NP2/c1-11-13-22-53(23-14-12-2)52(49-19-17-21-51(49)55(46-32-40(7)26-41(8)33-46)47-34-42(9)27-43(10)35-47)48-18-15-16-20-50(48)54(44-28-36(3)24-37(4)29-44)45-30-38(5)25-39(6)31-45/h15-21,24-35,49,52H,11-14,22-23H2,1-10H3. The number of hydrogen-bond donors (Lipinski definition) is 0. The van der Waals surface area contributed by atoms with Gasteiger partial charge >= 0.3 is 0 Å². The lowest BCUT2D eigenvalue weighted by molar-refractivity contribution is 0.170. The van der Waals surface area contributed by atoms with Gasteiger partial charge in [-0.15, -0.1) is 0 Å². The smallest absolute Gasteiger partial charge is 0.0458 e. The van der Waals surface area contributed by atoms with Crippen LogP contribution in [0.15, 0.2) is 121 Å². The molecule has 55 heavy (non-hydrogen) atoms. The van der Waals surface area contributed by atoms with Crippen molar-refractivity contribution in [3.63, 3.8) is 0 Å². The molecular formula is C52H63NP2. The molecule has 6 rings (SSSR count). The molecule has 0 amide bonds. The molecule has 0 spiro atoms. The molecule has 3 heteroatoms. The predicted octanol–water partition coefficient (Wildman–Crippen LogP) is 12.1. The van der Waals surface area contributed by atoms with Crippen molar-refractivity contribution in [3.8, 4) is 0 Å². The molecule has 1 nitrogen and oxygen atoms in total. The molecule has 1 aliphatic carbocycles. The molecule has 0 bridgehead atoms. The van der Waals surface area contributed by atoms with Gasteiger partial charge in [-0.3, -0.25) is 4.90 Å². The Morgan fingerprint density at radius 3 is 1.29 bits per heavy atom. The maximum Gasteiger partial charge on any atom is 0.0458 e. The summed E-state index contributed by atoms with van der Waals surface area (Å²) in [5, 5.41) is 8.89. The van der Waals surface area contributed by atoms with Crippen LogP contribution in [0.2, 0.25) is 0 Å². The van der Waals surface area contributed by atoms with Crippen LogP contribution in [0.3, 0.4) is 0 Å². The molecule has 0 aliphatic heterocycles. The molecule has 0 radical (unpaired) electrons. The van der Waals surface area contributed by atoms with Crippen LogP contribution in [0.5, 0.6) is 0 Å². The molecule has 0 N–H and O–H groups in total. The van der Waals surface area contributed by atoms with Gasteiger partial charge in [0.2, 0.25) is 0 Å². The van der Waals surface area contributed by atoms with Gasteiger partial charge in [0.15, 0.2) is 0 Å². The first kappa shape index (κ1) is 41.0.